The molecule has 0 saturated carbocycles. The maximum Gasteiger partial charge on any atom is 0.416 e. The van der Waals surface area contributed by atoms with Crippen LogP contribution in [0, 0.1) is 0 Å². The quantitative estimate of drug-likeness (QED) is 0.589. The van der Waals surface area contributed by atoms with Crippen molar-refractivity contribution in [3.8, 4) is 11.3 Å². The third-order valence-corrected chi connectivity index (χ3v) is 3.90. The van der Waals surface area contributed by atoms with E-state index in [9.17, 15) is 31.1 Å². The minimum Gasteiger partial charge on any atom is -0.464 e. The number of amides is 1. The number of pyridine rings is 1. The van der Waals surface area contributed by atoms with Gasteiger partial charge in [0.2, 0.25) is 0 Å². The van der Waals surface area contributed by atoms with Crippen molar-refractivity contribution in [3.05, 3.63) is 77.3 Å². The van der Waals surface area contributed by atoms with Crippen LogP contribution in [0.4, 0.5) is 26.3 Å². The molecule has 3 aromatic rings. The first kappa shape index (κ1) is 20.4. The molecule has 0 unspecified atom stereocenters. The first-order valence-electron chi connectivity index (χ1n) is 8.09. The fourth-order valence-corrected chi connectivity index (χ4v) is 2.53. The molecule has 10 heteroatoms. The molecule has 0 atom stereocenters. The number of aromatic nitrogens is 1. The Balaban J connectivity index is 1.81. The molecule has 152 valence electrons. The maximum atomic E-state index is 12.9. The maximum absolute atomic E-state index is 12.9. The van der Waals surface area contributed by atoms with Crippen molar-refractivity contribution in [1.29, 1.82) is 0 Å². The summed E-state index contributed by atoms with van der Waals surface area (Å²) in [6, 6.07) is 5.69. The highest BCUT2D eigenvalue weighted by molar-refractivity contribution is 5.94. The van der Waals surface area contributed by atoms with Gasteiger partial charge in [0.25, 0.3) is 5.91 Å². The predicted octanol–water partition coefficient (Wildman–Crippen LogP) is 5.31. The molecule has 4 nitrogen and oxygen atoms in total. The number of nitrogens with zero attached hydrogens (tertiary/aromatic N) is 1. The van der Waals surface area contributed by atoms with Crippen molar-refractivity contribution >= 4 is 5.91 Å². The number of benzene rings is 1. The number of carbonyl (C=O) groups is 1. The van der Waals surface area contributed by atoms with Gasteiger partial charge in [0.1, 0.15) is 5.76 Å². The Morgan fingerprint density at radius 2 is 1.62 bits per heavy atom. The SMILES string of the molecule is O=C(NCc1cncc(-c2ccco2)c1)c1cc(C(F)(F)F)cc(C(F)(F)F)c1. The minimum atomic E-state index is -5.03. The second-order valence-electron chi connectivity index (χ2n) is 6.04. The average molecular weight is 414 g/mol. The summed E-state index contributed by atoms with van der Waals surface area (Å²) in [6.07, 6.45) is -5.70. The molecule has 2 aromatic heterocycles. The van der Waals surface area contributed by atoms with E-state index in [2.05, 4.69) is 10.3 Å². The Bertz CT molecular complexity index is 978. The first-order chi connectivity index (χ1) is 13.5. The summed E-state index contributed by atoms with van der Waals surface area (Å²) in [6.45, 7) is -0.155. The van der Waals surface area contributed by atoms with E-state index in [1.165, 1.54) is 18.7 Å². The van der Waals surface area contributed by atoms with Crippen LogP contribution < -0.4 is 5.32 Å². The molecular weight excluding hydrogens is 402 g/mol. The highest BCUT2D eigenvalue weighted by Crippen LogP contribution is 2.36. The Morgan fingerprint density at radius 1 is 0.966 bits per heavy atom. The van der Waals surface area contributed by atoms with Gasteiger partial charge in [-0.2, -0.15) is 26.3 Å². The van der Waals surface area contributed by atoms with Crippen LogP contribution in [0.2, 0.25) is 0 Å². The molecule has 2 heterocycles. The largest absolute Gasteiger partial charge is 0.464 e. The van der Waals surface area contributed by atoms with Crippen LogP contribution in [0.25, 0.3) is 11.3 Å². The summed E-state index contributed by atoms with van der Waals surface area (Å²) in [5, 5.41) is 2.30. The van der Waals surface area contributed by atoms with Gasteiger partial charge in [-0.1, -0.05) is 0 Å². The molecule has 0 aliphatic heterocycles. The van der Waals surface area contributed by atoms with Crippen molar-refractivity contribution < 1.29 is 35.6 Å². The summed E-state index contributed by atoms with van der Waals surface area (Å²) in [4.78, 5) is 16.2. The van der Waals surface area contributed by atoms with Crippen LogP contribution in [-0.2, 0) is 18.9 Å². The number of carbonyl (C=O) groups excluding carboxylic acids is 1. The number of hydrogen-bond donors (Lipinski definition) is 1. The number of rotatable bonds is 4. The van der Waals surface area contributed by atoms with Gasteiger partial charge >= 0.3 is 12.4 Å². The molecule has 0 saturated heterocycles. The predicted molar refractivity (Wildman–Crippen MR) is 89.6 cm³/mol. The standard InChI is InChI=1S/C19H12F6N2O2/c20-18(21,22)14-5-12(6-15(7-14)19(23,24)25)17(28)27-9-11-4-13(10-26-8-11)16-2-1-3-29-16/h1-8,10H,9H2,(H,27,28). The summed E-state index contributed by atoms with van der Waals surface area (Å²) in [5.74, 6) is -0.566. The molecule has 0 bridgehead atoms. The van der Waals surface area contributed by atoms with Gasteiger partial charge in [-0.15, -0.1) is 0 Å². The molecule has 3 rings (SSSR count). The molecule has 1 amide bonds. The molecule has 0 aliphatic rings. The van der Waals surface area contributed by atoms with Crippen molar-refractivity contribution in [2.24, 2.45) is 0 Å². The van der Waals surface area contributed by atoms with Crippen LogP contribution >= 0.6 is 0 Å². The number of alkyl halides is 6. The van der Waals surface area contributed by atoms with Gasteiger partial charge in [-0.3, -0.25) is 9.78 Å². The third kappa shape index (κ3) is 4.95. The fourth-order valence-electron chi connectivity index (χ4n) is 2.53. The van der Waals surface area contributed by atoms with Crippen LogP contribution in [0.5, 0.6) is 0 Å². The zero-order valence-corrected chi connectivity index (χ0v) is 14.4. The molecule has 1 aromatic carbocycles. The van der Waals surface area contributed by atoms with E-state index < -0.39 is 35.0 Å². The normalized spacial score (nSPS) is 12.1. The number of hydrogen-bond acceptors (Lipinski definition) is 3. The van der Waals surface area contributed by atoms with Gasteiger partial charge in [-0.25, -0.2) is 0 Å². The van der Waals surface area contributed by atoms with Crippen LogP contribution in [0.1, 0.15) is 27.0 Å². The van der Waals surface area contributed by atoms with Gasteiger partial charge in [0, 0.05) is 30.1 Å². The van der Waals surface area contributed by atoms with Crippen LogP contribution in [-0.4, -0.2) is 10.9 Å². The molecule has 29 heavy (non-hydrogen) atoms. The van der Waals surface area contributed by atoms with Crippen molar-refractivity contribution in [2.75, 3.05) is 0 Å². The minimum absolute atomic E-state index is 0.0342. The topological polar surface area (TPSA) is 55.1 Å². The van der Waals surface area contributed by atoms with Gasteiger partial charge < -0.3 is 9.73 Å². The van der Waals surface area contributed by atoms with Crippen molar-refractivity contribution in [2.45, 2.75) is 18.9 Å². The van der Waals surface area contributed by atoms with E-state index in [-0.39, 0.29) is 12.6 Å². The fraction of sp³-hybridized carbons (Fsp3) is 0.158. The Labute approximate surface area is 160 Å². The van der Waals surface area contributed by atoms with Gasteiger partial charge in [0.15, 0.2) is 0 Å². The molecule has 0 aliphatic carbocycles. The molecule has 0 spiro atoms. The zero-order chi connectivity index (χ0) is 21.2. The summed E-state index contributed by atoms with van der Waals surface area (Å²) >= 11 is 0. The van der Waals surface area contributed by atoms with Gasteiger partial charge in [0.05, 0.1) is 17.4 Å². The van der Waals surface area contributed by atoms with E-state index in [0.717, 1.165) is 0 Å². The molecule has 1 N–H and O–H groups in total. The average Bonchev–Trinajstić information content (AvgIpc) is 3.19. The lowest BCUT2D eigenvalue weighted by Gasteiger charge is -2.14. The number of nitrogens with one attached hydrogen (secondary N) is 1. The number of furan rings is 1. The van der Waals surface area contributed by atoms with Gasteiger partial charge in [-0.05, 0) is 42.0 Å². The summed E-state index contributed by atoms with van der Waals surface area (Å²) in [7, 11) is 0. The Kier molecular flexibility index (Phi) is 5.36. The van der Waals surface area contributed by atoms with Crippen LogP contribution in [0.3, 0.4) is 0 Å². The lowest BCUT2D eigenvalue weighted by Crippen LogP contribution is -2.24. The van der Waals surface area contributed by atoms with Crippen molar-refractivity contribution in [3.63, 3.8) is 0 Å². The van der Waals surface area contributed by atoms with E-state index in [4.69, 9.17) is 4.42 Å². The Hall–Kier alpha value is -3.30. The molecule has 0 radical (unpaired) electrons. The summed E-state index contributed by atoms with van der Waals surface area (Å²) < 4.78 is 82.7. The van der Waals surface area contributed by atoms with E-state index in [1.807, 2.05) is 0 Å². The summed E-state index contributed by atoms with van der Waals surface area (Å²) in [5.41, 5.74) is -2.78. The van der Waals surface area contributed by atoms with E-state index in [1.54, 1.807) is 18.2 Å². The second kappa shape index (κ2) is 7.61. The zero-order valence-electron chi connectivity index (χ0n) is 14.4. The van der Waals surface area contributed by atoms with Crippen LogP contribution in [0.15, 0.2) is 59.5 Å². The monoisotopic (exact) mass is 414 g/mol. The second-order valence-corrected chi connectivity index (χ2v) is 6.04. The molecule has 0 fully saturated rings. The lowest BCUT2D eigenvalue weighted by molar-refractivity contribution is -0.143. The lowest BCUT2D eigenvalue weighted by atomic mass is 10.0. The van der Waals surface area contributed by atoms with E-state index >= 15 is 0 Å². The highest BCUT2D eigenvalue weighted by atomic mass is 19.4. The third-order valence-electron chi connectivity index (χ3n) is 3.90. The number of halogens is 6. The molecular formula is C19H12F6N2O2. The first-order valence-corrected chi connectivity index (χ1v) is 8.09. The highest BCUT2D eigenvalue weighted by Gasteiger charge is 2.37. The Morgan fingerprint density at radius 3 is 2.17 bits per heavy atom. The van der Waals surface area contributed by atoms with E-state index in [0.29, 0.717) is 29.0 Å². The van der Waals surface area contributed by atoms with Crippen molar-refractivity contribution in [1.82, 2.24) is 10.3 Å². The smallest absolute Gasteiger partial charge is 0.416 e.